The summed E-state index contributed by atoms with van der Waals surface area (Å²) < 4.78 is 0. The van der Waals surface area contributed by atoms with Crippen LogP contribution in [0.2, 0.25) is 0 Å². The summed E-state index contributed by atoms with van der Waals surface area (Å²) in [6.07, 6.45) is 7.49. The number of nitrogens with zero attached hydrogens (tertiary/aromatic N) is 1. The number of aromatic nitrogens is 1. The van der Waals surface area contributed by atoms with Crippen LogP contribution in [0.5, 0.6) is 0 Å². The first-order chi connectivity index (χ1) is 6.40. The largest absolute Gasteiger partial charge is 0.373 e. The zero-order chi connectivity index (χ0) is 9.10. The predicted molar refractivity (Wildman–Crippen MR) is 55.0 cm³/mol. The van der Waals surface area contributed by atoms with Crippen LogP contribution >= 0.6 is 0 Å². The molecular weight excluding hydrogens is 160 g/mol. The summed E-state index contributed by atoms with van der Waals surface area (Å²) >= 11 is 0. The highest BCUT2D eigenvalue weighted by atomic mass is 14.9. The topological polar surface area (TPSA) is 24.9 Å². The summed E-state index contributed by atoms with van der Waals surface area (Å²) in [7, 11) is 1.90. The molecule has 0 spiro atoms. The molecule has 0 atom stereocenters. The quantitative estimate of drug-likeness (QED) is 0.749. The average Bonchev–Trinajstić information content (AvgIpc) is 2.71. The van der Waals surface area contributed by atoms with Crippen molar-refractivity contribution in [2.45, 2.75) is 31.6 Å². The molecule has 1 fully saturated rings. The molecular formula is C11H16N2. The molecule has 0 unspecified atom stereocenters. The van der Waals surface area contributed by atoms with Crippen molar-refractivity contribution in [3.05, 3.63) is 23.9 Å². The van der Waals surface area contributed by atoms with Gasteiger partial charge in [-0.3, -0.25) is 0 Å². The molecule has 1 saturated carbocycles. The first-order valence-corrected chi connectivity index (χ1v) is 5.04. The van der Waals surface area contributed by atoms with E-state index in [1.807, 2.05) is 13.2 Å². The number of hydrogen-bond acceptors (Lipinski definition) is 2. The van der Waals surface area contributed by atoms with Crippen LogP contribution < -0.4 is 5.32 Å². The van der Waals surface area contributed by atoms with E-state index in [1.54, 1.807) is 0 Å². The lowest BCUT2D eigenvalue weighted by Crippen LogP contribution is -1.96. The molecule has 0 bridgehead atoms. The second kappa shape index (κ2) is 3.77. The number of nitrogens with one attached hydrogen (secondary N) is 1. The minimum absolute atomic E-state index is 0.776. The van der Waals surface area contributed by atoms with Crippen molar-refractivity contribution in [2.75, 3.05) is 12.4 Å². The van der Waals surface area contributed by atoms with Crippen LogP contribution in [0.15, 0.2) is 18.3 Å². The Kier molecular flexibility index (Phi) is 2.48. The Labute approximate surface area is 79.4 Å². The van der Waals surface area contributed by atoms with Crippen molar-refractivity contribution in [1.29, 1.82) is 0 Å². The van der Waals surface area contributed by atoms with Crippen molar-refractivity contribution in [3.8, 4) is 0 Å². The molecule has 2 nitrogen and oxygen atoms in total. The van der Waals surface area contributed by atoms with Gasteiger partial charge in [-0.05, 0) is 30.4 Å². The van der Waals surface area contributed by atoms with E-state index >= 15 is 0 Å². The lowest BCUT2D eigenvalue weighted by atomic mass is 10.00. The van der Waals surface area contributed by atoms with Crippen LogP contribution in [0.3, 0.4) is 0 Å². The van der Waals surface area contributed by atoms with E-state index in [1.165, 1.54) is 31.2 Å². The normalized spacial score (nSPS) is 17.6. The lowest BCUT2D eigenvalue weighted by Gasteiger charge is -2.08. The molecule has 1 aromatic rings. The molecule has 0 radical (unpaired) electrons. The van der Waals surface area contributed by atoms with Gasteiger partial charge in [-0.1, -0.05) is 18.9 Å². The van der Waals surface area contributed by atoms with Crippen LogP contribution in [-0.4, -0.2) is 12.0 Å². The summed E-state index contributed by atoms with van der Waals surface area (Å²) in [6, 6.07) is 4.27. The molecule has 1 heterocycles. The number of hydrogen-bond donors (Lipinski definition) is 1. The van der Waals surface area contributed by atoms with Gasteiger partial charge in [-0.25, -0.2) is 4.98 Å². The Morgan fingerprint density at radius 2 is 2.08 bits per heavy atom. The second-order valence-electron chi connectivity index (χ2n) is 3.71. The molecule has 70 valence electrons. The van der Waals surface area contributed by atoms with Gasteiger partial charge in [0.05, 0.1) is 0 Å². The zero-order valence-corrected chi connectivity index (χ0v) is 8.09. The molecule has 2 rings (SSSR count). The fourth-order valence-corrected chi connectivity index (χ4v) is 2.05. The van der Waals surface area contributed by atoms with E-state index < -0.39 is 0 Å². The minimum atomic E-state index is 0.776. The first kappa shape index (κ1) is 8.54. The number of pyridine rings is 1. The predicted octanol–water partition coefficient (Wildman–Crippen LogP) is 2.78. The Balaban J connectivity index is 2.12. The van der Waals surface area contributed by atoms with Crippen molar-refractivity contribution in [3.63, 3.8) is 0 Å². The molecule has 13 heavy (non-hydrogen) atoms. The molecule has 1 N–H and O–H groups in total. The van der Waals surface area contributed by atoms with Gasteiger partial charge in [0.2, 0.25) is 0 Å². The van der Waals surface area contributed by atoms with Gasteiger partial charge in [0, 0.05) is 13.2 Å². The minimum Gasteiger partial charge on any atom is -0.373 e. The van der Waals surface area contributed by atoms with Gasteiger partial charge < -0.3 is 5.32 Å². The van der Waals surface area contributed by atoms with Gasteiger partial charge >= 0.3 is 0 Å². The standard InChI is InChI=1S/C11H16N2/c1-12-11-7-6-10(8-13-11)9-4-2-3-5-9/h6-9H,2-5H2,1H3,(H,12,13). The van der Waals surface area contributed by atoms with Crippen LogP contribution in [0.25, 0.3) is 0 Å². The first-order valence-electron chi connectivity index (χ1n) is 5.04. The van der Waals surface area contributed by atoms with Gasteiger partial charge in [0.1, 0.15) is 5.82 Å². The van der Waals surface area contributed by atoms with Crippen molar-refractivity contribution in [1.82, 2.24) is 4.98 Å². The summed E-state index contributed by atoms with van der Waals surface area (Å²) in [5.74, 6) is 1.74. The molecule has 0 aliphatic heterocycles. The summed E-state index contributed by atoms with van der Waals surface area (Å²) in [6.45, 7) is 0. The van der Waals surface area contributed by atoms with Gasteiger partial charge in [0.25, 0.3) is 0 Å². The molecule has 2 heteroatoms. The SMILES string of the molecule is CNc1ccc(C2CCCC2)cn1. The Bertz CT molecular complexity index is 260. The van der Waals surface area contributed by atoms with Gasteiger partial charge in [-0.15, -0.1) is 0 Å². The monoisotopic (exact) mass is 176 g/mol. The van der Waals surface area contributed by atoms with Gasteiger partial charge in [0.15, 0.2) is 0 Å². The molecule has 1 aromatic heterocycles. The Morgan fingerprint density at radius 1 is 1.31 bits per heavy atom. The fourth-order valence-electron chi connectivity index (χ4n) is 2.05. The Morgan fingerprint density at radius 3 is 2.62 bits per heavy atom. The van der Waals surface area contributed by atoms with E-state index in [9.17, 15) is 0 Å². The smallest absolute Gasteiger partial charge is 0.125 e. The van der Waals surface area contributed by atoms with Crippen molar-refractivity contribution in [2.24, 2.45) is 0 Å². The van der Waals surface area contributed by atoms with Crippen molar-refractivity contribution >= 4 is 5.82 Å². The van der Waals surface area contributed by atoms with E-state index in [0.29, 0.717) is 0 Å². The zero-order valence-electron chi connectivity index (χ0n) is 8.09. The number of rotatable bonds is 2. The molecule has 1 aliphatic carbocycles. The second-order valence-corrected chi connectivity index (χ2v) is 3.71. The maximum atomic E-state index is 4.33. The summed E-state index contributed by atoms with van der Waals surface area (Å²) in [5, 5.41) is 3.03. The lowest BCUT2D eigenvalue weighted by molar-refractivity contribution is 0.719. The molecule has 1 aliphatic rings. The van der Waals surface area contributed by atoms with Gasteiger partial charge in [-0.2, -0.15) is 0 Å². The third-order valence-electron chi connectivity index (χ3n) is 2.87. The molecule has 0 aromatic carbocycles. The summed E-state index contributed by atoms with van der Waals surface area (Å²) in [5.41, 5.74) is 1.41. The van der Waals surface area contributed by atoms with E-state index in [-0.39, 0.29) is 0 Å². The van der Waals surface area contributed by atoms with Crippen LogP contribution in [0.4, 0.5) is 5.82 Å². The maximum absolute atomic E-state index is 4.33. The molecule has 0 saturated heterocycles. The van der Waals surface area contributed by atoms with E-state index in [0.717, 1.165) is 11.7 Å². The number of anilines is 1. The average molecular weight is 176 g/mol. The van der Waals surface area contributed by atoms with E-state index in [2.05, 4.69) is 22.4 Å². The fraction of sp³-hybridized carbons (Fsp3) is 0.545. The third-order valence-corrected chi connectivity index (χ3v) is 2.87. The highest BCUT2D eigenvalue weighted by molar-refractivity contribution is 5.35. The maximum Gasteiger partial charge on any atom is 0.125 e. The molecule has 0 amide bonds. The van der Waals surface area contributed by atoms with Crippen LogP contribution in [-0.2, 0) is 0 Å². The highest BCUT2D eigenvalue weighted by Crippen LogP contribution is 2.33. The van der Waals surface area contributed by atoms with Crippen LogP contribution in [0.1, 0.15) is 37.2 Å². The highest BCUT2D eigenvalue weighted by Gasteiger charge is 2.16. The van der Waals surface area contributed by atoms with E-state index in [4.69, 9.17) is 0 Å². The van der Waals surface area contributed by atoms with Crippen LogP contribution in [0, 0.1) is 0 Å². The van der Waals surface area contributed by atoms with Crippen molar-refractivity contribution < 1.29 is 0 Å². The third kappa shape index (κ3) is 1.82. The Hall–Kier alpha value is -1.05. The summed E-state index contributed by atoms with van der Waals surface area (Å²) in [4.78, 5) is 4.33.